The van der Waals surface area contributed by atoms with Crippen LogP contribution in [0.4, 0.5) is 4.79 Å². The highest BCUT2D eigenvalue weighted by Crippen LogP contribution is 2.20. The van der Waals surface area contributed by atoms with Crippen molar-refractivity contribution in [3.8, 4) is 0 Å². The highest BCUT2D eigenvalue weighted by Gasteiger charge is 2.37. The number of amides is 3. The number of nitrogens with one attached hydrogen (secondary N) is 2. The largest absolute Gasteiger partial charge is 0.445 e. The third-order valence-electron chi connectivity index (χ3n) is 6.00. The number of carbonyl (C=O) groups is 3. The smallest absolute Gasteiger partial charge is 0.408 e. The summed E-state index contributed by atoms with van der Waals surface area (Å²) in [5.74, 6) is -0.430. The van der Waals surface area contributed by atoms with Gasteiger partial charge in [0.05, 0.1) is 0 Å². The van der Waals surface area contributed by atoms with E-state index in [9.17, 15) is 14.4 Å². The van der Waals surface area contributed by atoms with Gasteiger partial charge < -0.3 is 25.0 Å². The van der Waals surface area contributed by atoms with Crippen molar-refractivity contribution in [1.82, 2.24) is 15.5 Å². The summed E-state index contributed by atoms with van der Waals surface area (Å²) < 4.78 is 10.4. The fourth-order valence-electron chi connectivity index (χ4n) is 4.16. The summed E-state index contributed by atoms with van der Waals surface area (Å²) in [5.41, 5.74) is 1.77. The molecule has 8 heteroatoms. The number of ether oxygens (including phenoxy) is 2. The monoisotopic (exact) mass is 481 g/mol. The number of unbranched alkanes of at least 4 members (excludes halogenated alkanes) is 1. The van der Waals surface area contributed by atoms with Crippen molar-refractivity contribution in [3.05, 3.63) is 71.8 Å². The van der Waals surface area contributed by atoms with Crippen LogP contribution in [0.5, 0.6) is 0 Å². The van der Waals surface area contributed by atoms with Gasteiger partial charge in [-0.3, -0.25) is 9.59 Å². The molecule has 3 rings (SSSR count). The molecule has 2 aromatic rings. The first-order valence-electron chi connectivity index (χ1n) is 12.2. The van der Waals surface area contributed by atoms with Crippen LogP contribution in [0, 0.1) is 0 Å². The predicted molar refractivity (Wildman–Crippen MR) is 133 cm³/mol. The van der Waals surface area contributed by atoms with E-state index in [2.05, 4.69) is 10.6 Å². The fourth-order valence-corrected chi connectivity index (χ4v) is 4.16. The number of hydrogen-bond donors (Lipinski definition) is 2. The Balaban J connectivity index is 1.63. The molecule has 1 heterocycles. The van der Waals surface area contributed by atoms with E-state index in [4.69, 9.17) is 9.47 Å². The lowest BCUT2D eigenvalue weighted by atomic mass is 10.0. The fraction of sp³-hybridized carbons (Fsp3) is 0.444. The van der Waals surface area contributed by atoms with Crippen molar-refractivity contribution >= 4 is 17.9 Å². The average molecular weight is 482 g/mol. The Hall–Kier alpha value is -3.39. The first-order valence-corrected chi connectivity index (χ1v) is 12.2. The van der Waals surface area contributed by atoms with Crippen LogP contribution in [0.2, 0.25) is 0 Å². The molecule has 3 amide bonds. The number of likely N-dealkylation sites (tertiary alicyclic amines) is 1. The lowest BCUT2D eigenvalue weighted by Crippen LogP contribution is -2.54. The zero-order chi connectivity index (χ0) is 24.9. The molecule has 0 aliphatic carbocycles. The molecule has 0 unspecified atom stereocenters. The number of alkyl carbamates (subject to hydrolysis) is 1. The van der Waals surface area contributed by atoms with Gasteiger partial charge in [-0.15, -0.1) is 0 Å². The van der Waals surface area contributed by atoms with Crippen molar-refractivity contribution in [2.75, 3.05) is 26.8 Å². The molecule has 1 fully saturated rings. The summed E-state index contributed by atoms with van der Waals surface area (Å²) in [5, 5.41) is 5.68. The number of rotatable bonds is 12. The van der Waals surface area contributed by atoms with E-state index in [1.807, 2.05) is 60.7 Å². The Morgan fingerprint density at radius 1 is 1.00 bits per heavy atom. The second-order valence-corrected chi connectivity index (χ2v) is 8.63. The minimum Gasteiger partial charge on any atom is -0.445 e. The topological polar surface area (TPSA) is 97.0 Å². The number of hydrogen-bond acceptors (Lipinski definition) is 5. The second kappa shape index (κ2) is 14.1. The SMILES string of the molecule is COCCCCNC(=O)[C@H]1CCCN1C(=O)[C@H](Cc1ccccc1)NC(=O)OCc1ccccc1. The molecule has 8 nitrogen and oxygen atoms in total. The van der Waals surface area contributed by atoms with Crippen molar-refractivity contribution in [2.24, 2.45) is 0 Å². The quantitative estimate of drug-likeness (QED) is 0.454. The van der Waals surface area contributed by atoms with E-state index in [0.29, 0.717) is 32.5 Å². The van der Waals surface area contributed by atoms with Gasteiger partial charge in [-0.2, -0.15) is 0 Å². The second-order valence-electron chi connectivity index (χ2n) is 8.63. The number of carbonyl (C=O) groups excluding carboxylic acids is 3. The number of benzene rings is 2. The van der Waals surface area contributed by atoms with Gasteiger partial charge in [0.2, 0.25) is 11.8 Å². The molecule has 0 bridgehead atoms. The summed E-state index contributed by atoms with van der Waals surface area (Å²) in [4.78, 5) is 40.5. The standard InChI is InChI=1S/C27H35N3O5/c1-34-18-9-8-16-28-25(31)24-15-10-17-30(24)26(32)23(19-21-11-4-2-5-12-21)29-27(33)35-20-22-13-6-3-7-14-22/h2-7,11-14,23-24H,8-10,15-20H2,1H3,(H,28,31)(H,29,33)/t23-,24+/m0/s1. The predicted octanol–water partition coefficient (Wildman–Crippen LogP) is 3.06. The summed E-state index contributed by atoms with van der Waals surface area (Å²) in [7, 11) is 1.65. The van der Waals surface area contributed by atoms with Gasteiger partial charge in [0.25, 0.3) is 0 Å². The van der Waals surface area contributed by atoms with Crippen molar-refractivity contribution in [1.29, 1.82) is 0 Å². The number of nitrogens with zero attached hydrogens (tertiary/aromatic N) is 1. The lowest BCUT2D eigenvalue weighted by molar-refractivity contribution is -0.139. The van der Waals surface area contributed by atoms with Gasteiger partial charge in [-0.25, -0.2) is 4.79 Å². The van der Waals surface area contributed by atoms with Crippen LogP contribution in [0.15, 0.2) is 60.7 Å². The number of methoxy groups -OCH3 is 1. The van der Waals surface area contributed by atoms with Gasteiger partial charge in [-0.05, 0) is 36.8 Å². The maximum Gasteiger partial charge on any atom is 0.408 e. The van der Waals surface area contributed by atoms with Crippen LogP contribution in [0.3, 0.4) is 0 Å². The van der Waals surface area contributed by atoms with Gasteiger partial charge in [0.1, 0.15) is 18.7 Å². The van der Waals surface area contributed by atoms with Crippen molar-refractivity contribution in [2.45, 2.75) is 50.8 Å². The van der Waals surface area contributed by atoms with Gasteiger partial charge in [0, 0.05) is 33.2 Å². The van der Waals surface area contributed by atoms with Crippen LogP contribution in [0.1, 0.15) is 36.8 Å². The van der Waals surface area contributed by atoms with Gasteiger partial charge >= 0.3 is 6.09 Å². The molecule has 35 heavy (non-hydrogen) atoms. The molecular formula is C27H35N3O5. The molecule has 0 radical (unpaired) electrons. The van der Waals surface area contributed by atoms with Gasteiger partial charge in [0.15, 0.2) is 0 Å². The Labute approximate surface area is 207 Å². The molecule has 1 aliphatic rings. The maximum absolute atomic E-state index is 13.5. The molecular weight excluding hydrogens is 446 g/mol. The molecule has 2 N–H and O–H groups in total. The van der Waals surface area contributed by atoms with Crippen molar-refractivity contribution in [3.63, 3.8) is 0 Å². The van der Waals surface area contributed by atoms with Crippen LogP contribution < -0.4 is 10.6 Å². The van der Waals surface area contributed by atoms with Crippen LogP contribution in [0.25, 0.3) is 0 Å². The third-order valence-corrected chi connectivity index (χ3v) is 6.00. The molecule has 0 spiro atoms. The molecule has 0 aromatic heterocycles. The summed E-state index contributed by atoms with van der Waals surface area (Å²) >= 11 is 0. The molecule has 1 saturated heterocycles. The highest BCUT2D eigenvalue weighted by molar-refractivity contribution is 5.92. The van der Waals surface area contributed by atoms with E-state index in [1.54, 1.807) is 12.0 Å². The van der Waals surface area contributed by atoms with Crippen LogP contribution >= 0.6 is 0 Å². The van der Waals surface area contributed by atoms with E-state index < -0.39 is 18.2 Å². The van der Waals surface area contributed by atoms with E-state index in [-0.39, 0.29) is 18.4 Å². The van der Waals surface area contributed by atoms with E-state index in [0.717, 1.165) is 30.4 Å². The Bertz CT molecular complexity index is 938. The maximum atomic E-state index is 13.5. The summed E-state index contributed by atoms with van der Waals surface area (Å²) in [6.45, 7) is 1.78. The molecule has 2 aromatic carbocycles. The van der Waals surface area contributed by atoms with E-state index in [1.165, 1.54) is 0 Å². The van der Waals surface area contributed by atoms with Crippen molar-refractivity contribution < 1.29 is 23.9 Å². The minimum atomic E-state index is -0.837. The first-order chi connectivity index (χ1) is 17.1. The summed E-state index contributed by atoms with van der Waals surface area (Å²) in [6, 6.07) is 17.5. The summed E-state index contributed by atoms with van der Waals surface area (Å²) in [6.07, 6.45) is 2.66. The molecule has 2 atom stereocenters. The third kappa shape index (κ3) is 8.40. The Kier molecular flexibility index (Phi) is 10.6. The zero-order valence-electron chi connectivity index (χ0n) is 20.3. The molecule has 1 aliphatic heterocycles. The molecule has 188 valence electrons. The normalized spacial score (nSPS) is 15.9. The van der Waals surface area contributed by atoms with E-state index >= 15 is 0 Å². The molecule has 0 saturated carbocycles. The highest BCUT2D eigenvalue weighted by atomic mass is 16.5. The van der Waals surface area contributed by atoms with Crippen LogP contribution in [-0.4, -0.2) is 61.7 Å². The zero-order valence-corrected chi connectivity index (χ0v) is 20.3. The Morgan fingerprint density at radius 3 is 2.37 bits per heavy atom. The van der Waals surface area contributed by atoms with Crippen LogP contribution in [-0.2, 0) is 32.1 Å². The van der Waals surface area contributed by atoms with Gasteiger partial charge in [-0.1, -0.05) is 60.7 Å². The lowest BCUT2D eigenvalue weighted by Gasteiger charge is -2.28. The first kappa shape index (κ1) is 26.2. The Morgan fingerprint density at radius 2 is 1.69 bits per heavy atom. The average Bonchev–Trinajstić information content (AvgIpc) is 3.38. The minimum absolute atomic E-state index is 0.108.